The second-order valence-corrected chi connectivity index (χ2v) is 6.80. The Hall–Kier alpha value is -0.820. The fourth-order valence-electron chi connectivity index (χ4n) is 1.27. The summed E-state index contributed by atoms with van der Waals surface area (Å²) >= 11 is 6.12. The van der Waals surface area contributed by atoms with Crippen molar-refractivity contribution in [1.29, 1.82) is 0 Å². The van der Waals surface area contributed by atoms with E-state index in [4.69, 9.17) is 16.3 Å². The van der Waals surface area contributed by atoms with Crippen LogP contribution in [-0.2, 0) is 22.3 Å². The molecule has 0 unspecified atom stereocenters. The van der Waals surface area contributed by atoms with Gasteiger partial charge in [-0.2, -0.15) is 13.2 Å². The number of halogens is 4. The molecule has 0 aliphatic heterocycles. The minimum atomic E-state index is -4.60. The summed E-state index contributed by atoms with van der Waals surface area (Å²) in [5.41, 5.74) is -1.37. The summed E-state index contributed by atoms with van der Waals surface area (Å²) in [6.45, 7) is 5.03. The molecular formula is C11H13ClF3NO2S. The normalized spacial score (nSPS) is 12.6. The van der Waals surface area contributed by atoms with Crippen molar-refractivity contribution in [1.82, 2.24) is 4.98 Å². The summed E-state index contributed by atoms with van der Waals surface area (Å²) in [4.78, 5) is 14.5. The van der Waals surface area contributed by atoms with Crippen molar-refractivity contribution in [3.63, 3.8) is 0 Å². The highest BCUT2D eigenvalue weighted by Crippen LogP contribution is 2.36. The van der Waals surface area contributed by atoms with Gasteiger partial charge < -0.3 is 4.74 Å². The second-order valence-electron chi connectivity index (χ2n) is 5.13. The molecule has 8 heteroatoms. The highest BCUT2D eigenvalue weighted by Gasteiger charge is 2.37. The van der Waals surface area contributed by atoms with E-state index in [2.05, 4.69) is 4.98 Å². The quantitative estimate of drug-likeness (QED) is 0.781. The van der Waals surface area contributed by atoms with Gasteiger partial charge in [0.05, 0.1) is 11.3 Å². The average molecular weight is 316 g/mol. The van der Waals surface area contributed by atoms with Crippen LogP contribution in [0.2, 0.25) is 4.47 Å². The van der Waals surface area contributed by atoms with Gasteiger partial charge in [0.25, 0.3) is 0 Å². The Labute approximate surface area is 117 Å². The summed E-state index contributed by atoms with van der Waals surface area (Å²) in [6, 6.07) is 0. The van der Waals surface area contributed by atoms with Gasteiger partial charge in [0.2, 0.25) is 0 Å². The molecule has 0 bridgehead atoms. The van der Waals surface area contributed by atoms with E-state index in [0.717, 1.165) is 0 Å². The fourth-order valence-corrected chi connectivity index (χ4v) is 2.35. The van der Waals surface area contributed by atoms with Gasteiger partial charge in [-0.15, -0.1) is 11.3 Å². The van der Waals surface area contributed by atoms with Crippen LogP contribution in [0.15, 0.2) is 0 Å². The lowest BCUT2D eigenvalue weighted by Crippen LogP contribution is -2.16. The van der Waals surface area contributed by atoms with E-state index in [9.17, 15) is 18.0 Å². The minimum absolute atomic E-state index is 0.126. The van der Waals surface area contributed by atoms with E-state index < -0.39 is 24.4 Å². The lowest BCUT2D eigenvalue weighted by molar-refractivity contribution is -0.150. The molecule has 19 heavy (non-hydrogen) atoms. The first-order chi connectivity index (χ1) is 8.49. The van der Waals surface area contributed by atoms with Crippen molar-refractivity contribution in [2.45, 2.75) is 40.0 Å². The number of nitrogens with zero attached hydrogens (tertiary/aromatic N) is 1. The molecule has 0 saturated carbocycles. The van der Waals surface area contributed by atoms with Crippen LogP contribution in [0.25, 0.3) is 0 Å². The van der Waals surface area contributed by atoms with Gasteiger partial charge in [-0.3, -0.25) is 4.79 Å². The zero-order valence-corrected chi connectivity index (χ0v) is 12.2. The summed E-state index contributed by atoms with van der Waals surface area (Å²) in [5, 5.41) is 0. The van der Waals surface area contributed by atoms with Crippen LogP contribution >= 0.6 is 22.9 Å². The second kappa shape index (κ2) is 5.66. The highest BCUT2D eigenvalue weighted by molar-refractivity contribution is 7.15. The molecule has 1 rings (SSSR count). The van der Waals surface area contributed by atoms with E-state index in [1.165, 1.54) is 0 Å². The lowest BCUT2D eigenvalue weighted by atomic mass is 9.92. The Morgan fingerprint density at radius 3 is 2.42 bits per heavy atom. The third kappa shape index (κ3) is 5.36. The van der Waals surface area contributed by atoms with Crippen molar-refractivity contribution in [3.8, 4) is 0 Å². The first-order valence-corrected chi connectivity index (χ1v) is 6.56. The number of alkyl halides is 3. The largest absolute Gasteiger partial charge is 0.460 e. The highest BCUT2D eigenvalue weighted by atomic mass is 35.5. The molecule has 0 radical (unpaired) electrons. The van der Waals surface area contributed by atoms with Gasteiger partial charge in [-0.1, -0.05) is 32.4 Å². The van der Waals surface area contributed by atoms with Gasteiger partial charge in [-0.05, 0) is 5.41 Å². The SMILES string of the molecule is CC(C)(C)CC(=O)OCc1sc(Cl)nc1C(F)(F)F. The van der Waals surface area contributed by atoms with Gasteiger partial charge in [-0.25, -0.2) is 4.98 Å². The van der Waals surface area contributed by atoms with Gasteiger partial charge in [0, 0.05) is 0 Å². The molecule has 0 saturated heterocycles. The van der Waals surface area contributed by atoms with E-state index in [-0.39, 0.29) is 21.2 Å². The average Bonchev–Trinajstić information content (AvgIpc) is 2.53. The number of hydrogen-bond acceptors (Lipinski definition) is 4. The number of esters is 1. The summed E-state index contributed by atoms with van der Waals surface area (Å²) in [7, 11) is 0. The molecule has 0 aromatic carbocycles. The number of carbonyl (C=O) groups excluding carboxylic acids is 1. The van der Waals surface area contributed by atoms with Crippen LogP contribution in [0.5, 0.6) is 0 Å². The molecule has 0 N–H and O–H groups in total. The predicted octanol–water partition coefficient (Wildman–Crippen LogP) is 4.29. The van der Waals surface area contributed by atoms with E-state index in [0.29, 0.717) is 11.3 Å². The summed E-state index contributed by atoms with van der Waals surface area (Å²) < 4.78 is 42.4. The first-order valence-electron chi connectivity index (χ1n) is 5.37. The predicted molar refractivity (Wildman–Crippen MR) is 66.0 cm³/mol. The molecule has 0 atom stereocenters. The maximum Gasteiger partial charge on any atom is 0.434 e. The summed E-state index contributed by atoms with van der Waals surface area (Å²) in [5.74, 6) is -0.551. The molecule has 1 aromatic rings. The van der Waals surface area contributed by atoms with Crippen molar-refractivity contribution in [3.05, 3.63) is 15.0 Å². The molecule has 0 aliphatic carbocycles. The summed E-state index contributed by atoms with van der Waals surface area (Å²) in [6.07, 6.45) is -4.48. The molecule has 1 aromatic heterocycles. The Morgan fingerprint density at radius 1 is 1.37 bits per heavy atom. The monoisotopic (exact) mass is 315 g/mol. The van der Waals surface area contributed by atoms with Crippen molar-refractivity contribution in [2.75, 3.05) is 0 Å². The van der Waals surface area contributed by atoms with Crippen molar-refractivity contribution in [2.24, 2.45) is 5.41 Å². The molecule has 0 spiro atoms. The number of rotatable bonds is 3. The molecule has 1 heterocycles. The zero-order chi connectivity index (χ0) is 14.8. The van der Waals surface area contributed by atoms with Crippen LogP contribution in [0, 0.1) is 5.41 Å². The maximum atomic E-state index is 12.6. The minimum Gasteiger partial charge on any atom is -0.460 e. The van der Waals surface area contributed by atoms with Crippen LogP contribution in [0.4, 0.5) is 13.2 Å². The first kappa shape index (κ1) is 16.2. The topological polar surface area (TPSA) is 39.2 Å². The number of thiazole rings is 1. The van der Waals surface area contributed by atoms with Crippen LogP contribution in [-0.4, -0.2) is 11.0 Å². The van der Waals surface area contributed by atoms with E-state index in [1.807, 2.05) is 20.8 Å². The molecular weight excluding hydrogens is 303 g/mol. The number of ether oxygens (including phenoxy) is 1. The van der Waals surface area contributed by atoms with Crippen LogP contribution in [0.3, 0.4) is 0 Å². The zero-order valence-electron chi connectivity index (χ0n) is 10.6. The maximum absolute atomic E-state index is 12.6. The Kier molecular flexibility index (Phi) is 4.84. The van der Waals surface area contributed by atoms with Gasteiger partial charge in [0.15, 0.2) is 10.2 Å². The third-order valence-electron chi connectivity index (χ3n) is 1.98. The molecule has 3 nitrogen and oxygen atoms in total. The Morgan fingerprint density at radius 2 is 1.95 bits per heavy atom. The number of carbonyl (C=O) groups is 1. The van der Waals surface area contributed by atoms with Crippen molar-refractivity contribution >= 4 is 28.9 Å². The molecule has 108 valence electrons. The number of hydrogen-bond donors (Lipinski definition) is 0. The van der Waals surface area contributed by atoms with E-state index in [1.54, 1.807) is 0 Å². The number of aromatic nitrogens is 1. The van der Waals surface area contributed by atoms with Crippen LogP contribution in [0.1, 0.15) is 37.8 Å². The molecule has 0 amide bonds. The third-order valence-corrected chi connectivity index (χ3v) is 3.11. The van der Waals surface area contributed by atoms with E-state index >= 15 is 0 Å². The lowest BCUT2D eigenvalue weighted by Gasteiger charge is -2.16. The fraction of sp³-hybridized carbons (Fsp3) is 0.636. The van der Waals surface area contributed by atoms with Crippen molar-refractivity contribution < 1.29 is 22.7 Å². The standard InChI is InChI=1S/C11H13ClF3NO2S/c1-10(2,3)4-7(17)18-5-6-8(11(13,14)15)16-9(12)19-6/h4-5H2,1-3H3. The molecule has 0 aliphatic rings. The Bertz CT molecular complexity index is 465. The smallest absolute Gasteiger partial charge is 0.434 e. The van der Waals surface area contributed by atoms with Gasteiger partial charge >= 0.3 is 12.1 Å². The molecule has 0 fully saturated rings. The van der Waals surface area contributed by atoms with Gasteiger partial charge in [0.1, 0.15) is 6.61 Å². The van der Waals surface area contributed by atoms with Crippen LogP contribution < -0.4 is 0 Å². The Balaban J connectivity index is 2.71.